The van der Waals surface area contributed by atoms with Gasteiger partial charge in [-0.05, 0) is 19.3 Å². The van der Waals surface area contributed by atoms with E-state index in [0.717, 1.165) is 0 Å². The molecule has 0 fully saturated rings. The van der Waals surface area contributed by atoms with Crippen LogP contribution in [0.15, 0.2) is 9.98 Å². The summed E-state index contributed by atoms with van der Waals surface area (Å²) in [6, 6.07) is -1.91. The first-order valence-electron chi connectivity index (χ1n) is 7.82. The number of nitrogens with one attached hydrogen (secondary N) is 4. The summed E-state index contributed by atoms with van der Waals surface area (Å²) in [5, 5.41) is 5.18. The molecule has 25 heavy (non-hydrogen) atoms. The largest absolute Gasteiger partial charge is 0.370 e. The van der Waals surface area contributed by atoms with Crippen molar-refractivity contribution < 1.29 is 9.59 Å². The first-order chi connectivity index (χ1) is 11.7. The summed E-state index contributed by atoms with van der Waals surface area (Å²) in [6.45, 7) is 1.05. The van der Waals surface area contributed by atoms with Crippen LogP contribution in [0.5, 0.6) is 0 Å². The predicted molar refractivity (Wildman–Crippen MR) is 95.0 cm³/mol. The van der Waals surface area contributed by atoms with Crippen molar-refractivity contribution in [1.82, 2.24) is 22.1 Å². The van der Waals surface area contributed by atoms with Crippen LogP contribution in [0.1, 0.15) is 19.3 Å². The predicted octanol–water partition coefficient (Wildman–Crippen LogP) is -3.76. The number of carbonyl (C=O) groups is 2. The maximum Gasteiger partial charge on any atom is 0.238 e. The van der Waals surface area contributed by atoms with E-state index in [0.29, 0.717) is 19.5 Å². The highest BCUT2D eigenvalue weighted by Crippen LogP contribution is 1.93. The van der Waals surface area contributed by atoms with Crippen molar-refractivity contribution in [3.05, 3.63) is 0 Å². The van der Waals surface area contributed by atoms with Gasteiger partial charge in [-0.2, -0.15) is 0 Å². The van der Waals surface area contributed by atoms with Crippen molar-refractivity contribution in [2.24, 2.45) is 32.9 Å². The van der Waals surface area contributed by atoms with Crippen LogP contribution in [0.4, 0.5) is 0 Å². The Balaban J connectivity index is 3.79. The minimum absolute atomic E-state index is 0.0747. The molecule has 0 aromatic rings. The summed E-state index contributed by atoms with van der Waals surface area (Å²) in [7, 11) is 0. The average molecular weight is 356 g/mol. The standard InChI is InChI=1S/C13H28N10O2/c14-8(2-6-22-12(16)17)10(24)20-4-1-5-21-11(25)9(15)3-7-23-13(18)19/h8-9,14-15H,1-7H2,(H,20,24)(H,21,25)(H4,16,17,22)(H4,18,19,23). The zero-order valence-corrected chi connectivity index (χ0v) is 14.1. The van der Waals surface area contributed by atoms with Crippen molar-refractivity contribution >= 4 is 23.7 Å². The summed E-state index contributed by atoms with van der Waals surface area (Å²) >= 11 is 0. The van der Waals surface area contributed by atoms with Crippen molar-refractivity contribution in [1.29, 1.82) is 0 Å². The van der Waals surface area contributed by atoms with Crippen molar-refractivity contribution in [3.8, 4) is 0 Å². The van der Waals surface area contributed by atoms with E-state index < -0.39 is 23.9 Å². The Bertz CT molecular complexity index is 429. The number of guanidine groups is 2. The van der Waals surface area contributed by atoms with Gasteiger partial charge in [0, 0.05) is 26.2 Å². The SMILES string of the molecule is [NH]C(CCN=C(N)N)C(=O)NCCCNC(=O)C([NH])CCN=C(N)N. The zero-order chi connectivity index (χ0) is 19.2. The van der Waals surface area contributed by atoms with Crippen LogP contribution in [0.25, 0.3) is 0 Å². The molecule has 142 valence electrons. The Morgan fingerprint density at radius 2 is 1.16 bits per heavy atom. The fraction of sp³-hybridized carbons (Fsp3) is 0.692. The number of hydrogen-bond donors (Lipinski definition) is 6. The van der Waals surface area contributed by atoms with Crippen LogP contribution >= 0.6 is 0 Å². The number of nitrogens with zero attached hydrogens (tertiary/aromatic N) is 2. The van der Waals surface area contributed by atoms with E-state index in [9.17, 15) is 9.59 Å². The van der Waals surface area contributed by atoms with Gasteiger partial charge >= 0.3 is 0 Å². The van der Waals surface area contributed by atoms with Gasteiger partial charge in [-0.25, -0.2) is 11.5 Å². The highest BCUT2D eigenvalue weighted by molar-refractivity contribution is 5.82. The molecule has 0 saturated carbocycles. The maximum atomic E-state index is 11.6. The second-order valence-electron chi connectivity index (χ2n) is 5.23. The van der Waals surface area contributed by atoms with Gasteiger partial charge in [-0.1, -0.05) is 0 Å². The van der Waals surface area contributed by atoms with Crippen LogP contribution in [0.3, 0.4) is 0 Å². The van der Waals surface area contributed by atoms with Crippen LogP contribution in [0.2, 0.25) is 0 Å². The molecule has 0 heterocycles. The molecule has 0 aromatic heterocycles. The smallest absolute Gasteiger partial charge is 0.238 e. The van der Waals surface area contributed by atoms with Crippen LogP contribution in [-0.4, -0.2) is 62.0 Å². The lowest BCUT2D eigenvalue weighted by Crippen LogP contribution is -2.39. The first kappa shape index (κ1) is 22.4. The molecule has 0 rings (SSSR count). The molecule has 2 unspecified atom stereocenters. The Morgan fingerprint density at radius 3 is 1.48 bits per heavy atom. The quantitative estimate of drug-likeness (QED) is 0.116. The lowest BCUT2D eigenvalue weighted by molar-refractivity contribution is -0.122. The minimum atomic E-state index is -0.953. The van der Waals surface area contributed by atoms with Crippen molar-refractivity contribution in [3.63, 3.8) is 0 Å². The fourth-order valence-corrected chi connectivity index (χ4v) is 1.67. The highest BCUT2D eigenvalue weighted by atomic mass is 16.2. The van der Waals surface area contributed by atoms with Crippen molar-refractivity contribution in [2.75, 3.05) is 26.2 Å². The molecule has 2 amide bonds. The highest BCUT2D eigenvalue weighted by Gasteiger charge is 2.14. The van der Waals surface area contributed by atoms with E-state index in [1.54, 1.807) is 0 Å². The minimum Gasteiger partial charge on any atom is -0.370 e. The molecule has 12 N–H and O–H groups in total. The summed E-state index contributed by atoms with van der Waals surface area (Å²) in [4.78, 5) is 30.7. The lowest BCUT2D eigenvalue weighted by atomic mass is 10.2. The molecule has 0 saturated heterocycles. The molecule has 0 spiro atoms. The van der Waals surface area contributed by atoms with Gasteiger partial charge < -0.3 is 33.6 Å². The topological polar surface area (TPSA) is 235 Å². The molecule has 2 radical (unpaired) electrons. The monoisotopic (exact) mass is 356 g/mol. The number of aliphatic imine (C=N–C) groups is 2. The number of carbonyl (C=O) groups excluding carboxylic acids is 2. The zero-order valence-electron chi connectivity index (χ0n) is 14.1. The Labute approximate surface area is 146 Å². The van der Waals surface area contributed by atoms with Crippen LogP contribution in [-0.2, 0) is 9.59 Å². The molecule has 0 aliphatic heterocycles. The van der Waals surface area contributed by atoms with Crippen LogP contribution in [0, 0.1) is 0 Å². The molecule has 12 heteroatoms. The molecular weight excluding hydrogens is 328 g/mol. The molecular formula is C13H28N10O2. The maximum absolute atomic E-state index is 11.6. The van der Waals surface area contributed by atoms with Gasteiger partial charge in [0.1, 0.15) is 12.1 Å². The number of nitrogens with two attached hydrogens (primary N) is 4. The average Bonchev–Trinajstić information content (AvgIpc) is 2.53. The Morgan fingerprint density at radius 1 is 0.800 bits per heavy atom. The second kappa shape index (κ2) is 12.8. The third kappa shape index (κ3) is 12.5. The number of rotatable bonds is 12. The number of hydrogen-bond acceptors (Lipinski definition) is 4. The van der Waals surface area contributed by atoms with Gasteiger partial charge in [-0.3, -0.25) is 19.6 Å². The molecule has 0 aliphatic rings. The van der Waals surface area contributed by atoms with E-state index in [1.165, 1.54) is 0 Å². The lowest BCUT2D eigenvalue weighted by Gasteiger charge is -2.12. The summed E-state index contributed by atoms with van der Waals surface area (Å²) in [5.41, 5.74) is 35.9. The molecule has 12 nitrogen and oxygen atoms in total. The number of amides is 2. The summed E-state index contributed by atoms with van der Waals surface area (Å²) in [6.07, 6.45) is 0.923. The van der Waals surface area contributed by atoms with Gasteiger partial charge in [0.25, 0.3) is 0 Å². The van der Waals surface area contributed by atoms with Gasteiger partial charge in [0.2, 0.25) is 11.8 Å². The normalized spacial score (nSPS) is 12.6. The van der Waals surface area contributed by atoms with Crippen LogP contribution < -0.4 is 45.0 Å². The van der Waals surface area contributed by atoms with Gasteiger partial charge in [-0.15, -0.1) is 0 Å². The molecule has 2 atom stereocenters. The molecule has 0 bridgehead atoms. The summed E-state index contributed by atoms with van der Waals surface area (Å²) in [5.74, 6) is -0.996. The Kier molecular flexibility index (Phi) is 11.4. The fourth-order valence-electron chi connectivity index (χ4n) is 1.67. The van der Waals surface area contributed by atoms with Gasteiger partial charge in [0.05, 0.1) is 0 Å². The molecule has 0 aliphatic carbocycles. The van der Waals surface area contributed by atoms with Crippen molar-refractivity contribution in [2.45, 2.75) is 31.3 Å². The second-order valence-corrected chi connectivity index (χ2v) is 5.23. The van der Waals surface area contributed by atoms with Gasteiger partial charge in [0.15, 0.2) is 11.9 Å². The van der Waals surface area contributed by atoms with E-state index in [-0.39, 0.29) is 37.9 Å². The van der Waals surface area contributed by atoms with E-state index in [4.69, 9.17) is 34.4 Å². The van der Waals surface area contributed by atoms with E-state index in [2.05, 4.69) is 20.6 Å². The third-order valence-corrected chi connectivity index (χ3v) is 3.01. The summed E-state index contributed by atoms with van der Waals surface area (Å²) < 4.78 is 0. The van der Waals surface area contributed by atoms with E-state index >= 15 is 0 Å². The first-order valence-corrected chi connectivity index (χ1v) is 7.82. The van der Waals surface area contributed by atoms with E-state index in [1.807, 2.05) is 0 Å². The third-order valence-electron chi connectivity index (χ3n) is 3.01. The Hall–Kier alpha value is -2.60. The molecule has 0 aromatic carbocycles.